The molecule has 0 saturated heterocycles. The molecular weight excluding hydrogens is 208 g/mol. The zero-order chi connectivity index (χ0) is 11.0. The van der Waals surface area contributed by atoms with Crippen molar-refractivity contribution >= 4 is 22.5 Å². The van der Waals surface area contributed by atoms with Gasteiger partial charge in [-0.2, -0.15) is 5.26 Å². The first-order valence-corrected chi connectivity index (χ1v) is 4.98. The van der Waals surface area contributed by atoms with E-state index in [0.717, 1.165) is 22.2 Å². The molecule has 0 N–H and O–H groups in total. The summed E-state index contributed by atoms with van der Waals surface area (Å²) in [5, 5.41) is 10.4. The summed E-state index contributed by atoms with van der Waals surface area (Å²) in [6.45, 7) is 3.84. The molecular formula is C12H9ClN2. The Bertz CT molecular complexity index is 582. The Hall–Kier alpha value is -1.59. The van der Waals surface area contributed by atoms with Crippen LogP contribution in [0.25, 0.3) is 10.9 Å². The minimum absolute atomic E-state index is 0.583. The highest BCUT2D eigenvalue weighted by atomic mass is 35.5. The zero-order valence-corrected chi connectivity index (χ0v) is 9.26. The van der Waals surface area contributed by atoms with Crippen LogP contribution in [0.1, 0.15) is 16.8 Å². The number of fused-ring (bicyclic) bond motifs is 1. The first-order valence-electron chi connectivity index (χ1n) is 4.60. The first kappa shape index (κ1) is 9.95. The molecule has 2 nitrogen and oxygen atoms in total. The number of hydrogen-bond acceptors (Lipinski definition) is 2. The van der Waals surface area contributed by atoms with Gasteiger partial charge in [0.05, 0.1) is 22.2 Å². The van der Waals surface area contributed by atoms with E-state index in [1.54, 1.807) is 12.1 Å². The van der Waals surface area contributed by atoms with Crippen molar-refractivity contribution < 1.29 is 0 Å². The lowest BCUT2D eigenvalue weighted by atomic mass is 10.1. The molecule has 3 heteroatoms. The minimum Gasteiger partial charge on any atom is -0.253 e. The van der Waals surface area contributed by atoms with Gasteiger partial charge in [-0.15, -0.1) is 0 Å². The molecule has 0 amide bonds. The molecule has 0 unspecified atom stereocenters. The first-order chi connectivity index (χ1) is 7.13. The van der Waals surface area contributed by atoms with Crippen LogP contribution >= 0.6 is 11.6 Å². The normalized spacial score (nSPS) is 10.3. The quantitative estimate of drug-likeness (QED) is 0.677. The Balaban J connectivity index is 3.03. The minimum atomic E-state index is 0.583. The molecule has 0 aliphatic rings. The fourth-order valence-corrected chi connectivity index (χ4v) is 1.90. The van der Waals surface area contributed by atoms with Gasteiger partial charge in [0, 0.05) is 11.1 Å². The predicted molar refractivity (Wildman–Crippen MR) is 60.9 cm³/mol. The van der Waals surface area contributed by atoms with E-state index in [2.05, 4.69) is 11.1 Å². The molecule has 1 aromatic heterocycles. The predicted octanol–water partition coefficient (Wildman–Crippen LogP) is 3.38. The fourth-order valence-electron chi connectivity index (χ4n) is 1.65. The lowest BCUT2D eigenvalue weighted by Gasteiger charge is -2.06. The van der Waals surface area contributed by atoms with Crippen LogP contribution in [0.4, 0.5) is 0 Å². The highest BCUT2D eigenvalue weighted by Crippen LogP contribution is 2.28. The summed E-state index contributed by atoms with van der Waals surface area (Å²) >= 11 is 6.07. The molecule has 0 radical (unpaired) electrons. The number of benzene rings is 1. The highest BCUT2D eigenvalue weighted by molar-refractivity contribution is 6.35. The number of hydrogen-bond donors (Lipinski definition) is 0. The van der Waals surface area contributed by atoms with Crippen molar-refractivity contribution in [3.8, 4) is 6.07 Å². The molecule has 2 rings (SSSR count). The van der Waals surface area contributed by atoms with Crippen molar-refractivity contribution in [2.75, 3.05) is 0 Å². The summed E-state index contributed by atoms with van der Waals surface area (Å²) < 4.78 is 0. The van der Waals surface area contributed by atoms with Crippen LogP contribution in [-0.4, -0.2) is 4.98 Å². The van der Waals surface area contributed by atoms with Crippen LogP contribution in [-0.2, 0) is 0 Å². The van der Waals surface area contributed by atoms with Gasteiger partial charge in [0.25, 0.3) is 0 Å². The summed E-state index contributed by atoms with van der Waals surface area (Å²) in [5.41, 5.74) is 3.28. The number of halogens is 1. The fraction of sp³-hybridized carbons (Fsp3) is 0.167. The summed E-state index contributed by atoms with van der Waals surface area (Å²) in [5.74, 6) is 0. The lowest BCUT2D eigenvalue weighted by Crippen LogP contribution is -1.91. The Morgan fingerprint density at radius 2 is 2.07 bits per heavy atom. The van der Waals surface area contributed by atoms with Crippen LogP contribution < -0.4 is 0 Å². The summed E-state index contributed by atoms with van der Waals surface area (Å²) in [7, 11) is 0. The number of pyridine rings is 1. The third-order valence-corrected chi connectivity index (χ3v) is 2.67. The average molecular weight is 217 g/mol. The monoisotopic (exact) mass is 216 g/mol. The maximum absolute atomic E-state index is 9.04. The SMILES string of the molecule is Cc1cc(C#N)c2c(Cl)ccc(C)c2n1. The Kier molecular flexibility index (Phi) is 2.34. The number of rotatable bonds is 0. The number of nitriles is 1. The summed E-state index contributed by atoms with van der Waals surface area (Å²) in [6.07, 6.45) is 0. The number of nitrogens with zero attached hydrogens (tertiary/aromatic N) is 2. The third-order valence-electron chi connectivity index (χ3n) is 2.36. The van der Waals surface area contributed by atoms with Crippen LogP contribution in [0, 0.1) is 25.2 Å². The van der Waals surface area contributed by atoms with Gasteiger partial charge in [-0.1, -0.05) is 17.7 Å². The van der Waals surface area contributed by atoms with Crippen molar-refractivity contribution in [3.05, 3.63) is 40.0 Å². The second-order valence-corrected chi connectivity index (χ2v) is 3.92. The number of aromatic nitrogens is 1. The van der Waals surface area contributed by atoms with Gasteiger partial charge in [0.15, 0.2) is 0 Å². The standard InChI is InChI=1S/C12H9ClN2/c1-7-3-4-10(13)11-9(6-14)5-8(2)15-12(7)11/h3-5H,1-2H3. The molecule has 0 bridgehead atoms. The molecule has 15 heavy (non-hydrogen) atoms. The lowest BCUT2D eigenvalue weighted by molar-refractivity contribution is 1.23. The van der Waals surface area contributed by atoms with Gasteiger partial charge in [-0.3, -0.25) is 4.98 Å². The Morgan fingerprint density at radius 3 is 2.73 bits per heavy atom. The molecule has 0 spiro atoms. The largest absolute Gasteiger partial charge is 0.253 e. The molecule has 0 aliphatic carbocycles. The van der Waals surface area contributed by atoms with E-state index >= 15 is 0 Å². The molecule has 0 atom stereocenters. The van der Waals surface area contributed by atoms with Crippen molar-refractivity contribution in [2.24, 2.45) is 0 Å². The van der Waals surface area contributed by atoms with Crippen molar-refractivity contribution in [3.63, 3.8) is 0 Å². The van der Waals surface area contributed by atoms with Gasteiger partial charge < -0.3 is 0 Å². The maximum atomic E-state index is 9.04. The summed E-state index contributed by atoms with van der Waals surface area (Å²) in [4.78, 5) is 4.41. The van der Waals surface area contributed by atoms with Gasteiger partial charge in [0.1, 0.15) is 0 Å². The molecule has 2 aromatic rings. The number of aryl methyl sites for hydroxylation is 2. The van der Waals surface area contributed by atoms with E-state index in [-0.39, 0.29) is 0 Å². The van der Waals surface area contributed by atoms with Crippen LogP contribution in [0.5, 0.6) is 0 Å². The molecule has 1 heterocycles. The van der Waals surface area contributed by atoms with E-state index in [1.807, 2.05) is 19.9 Å². The molecule has 1 aromatic carbocycles. The van der Waals surface area contributed by atoms with E-state index in [1.165, 1.54) is 0 Å². The van der Waals surface area contributed by atoms with Gasteiger partial charge >= 0.3 is 0 Å². The van der Waals surface area contributed by atoms with Gasteiger partial charge in [0.2, 0.25) is 0 Å². The Morgan fingerprint density at radius 1 is 1.33 bits per heavy atom. The van der Waals surface area contributed by atoms with E-state index in [0.29, 0.717) is 10.6 Å². The van der Waals surface area contributed by atoms with E-state index in [9.17, 15) is 0 Å². The molecule has 0 saturated carbocycles. The van der Waals surface area contributed by atoms with E-state index < -0.39 is 0 Å². The summed E-state index contributed by atoms with van der Waals surface area (Å²) in [6, 6.07) is 7.63. The topological polar surface area (TPSA) is 36.7 Å². The Labute approximate surface area is 93.1 Å². The van der Waals surface area contributed by atoms with Gasteiger partial charge in [-0.25, -0.2) is 0 Å². The average Bonchev–Trinajstić information content (AvgIpc) is 2.22. The van der Waals surface area contributed by atoms with Crippen molar-refractivity contribution in [2.45, 2.75) is 13.8 Å². The zero-order valence-electron chi connectivity index (χ0n) is 8.50. The van der Waals surface area contributed by atoms with Gasteiger partial charge in [-0.05, 0) is 31.5 Å². The molecule has 0 fully saturated rings. The second-order valence-electron chi connectivity index (χ2n) is 3.51. The smallest absolute Gasteiger partial charge is 0.1000 e. The van der Waals surface area contributed by atoms with Crippen molar-refractivity contribution in [1.82, 2.24) is 4.98 Å². The van der Waals surface area contributed by atoms with Crippen LogP contribution in [0.2, 0.25) is 5.02 Å². The third kappa shape index (κ3) is 1.55. The van der Waals surface area contributed by atoms with Crippen LogP contribution in [0.3, 0.4) is 0 Å². The van der Waals surface area contributed by atoms with Crippen molar-refractivity contribution in [1.29, 1.82) is 5.26 Å². The molecule has 74 valence electrons. The second kappa shape index (κ2) is 3.52. The van der Waals surface area contributed by atoms with Crippen LogP contribution in [0.15, 0.2) is 18.2 Å². The molecule has 0 aliphatic heterocycles. The van der Waals surface area contributed by atoms with E-state index in [4.69, 9.17) is 16.9 Å². The highest BCUT2D eigenvalue weighted by Gasteiger charge is 2.09. The maximum Gasteiger partial charge on any atom is 0.1000 e.